The molecule has 0 N–H and O–H groups in total. The zero-order valence-electron chi connectivity index (χ0n) is 13.1. The van der Waals surface area contributed by atoms with Gasteiger partial charge in [0.05, 0.1) is 0 Å². The fourth-order valence-electron chi connectivity index (χ4n) is 3.52. The molecule has 6 heteroatoms. The van der Waals surface area contributed by atoms with E-state index in [1.54, 1.807) is 8.61 Å². The molecule has 1 atom stereocenters. The van der Waals surface area contributed by atoms with E-state index in [9.17, 15) is 8.42 Å². The summed E-state index contributed by atoms with van der Waals surface area (Å²) in [4.78, 5) is 0. The third kappa shape index (κ3) is 4.57. The van der Waals surface area contributed by atoms with Crippen molar-refractivity contribution in [3.05, 3.63) is 0 Å². The first-order valence-corrected chi connectivity index (χ1v) is 10.3. The van der Waals surface area contributed by atoms with Crippen LogP contribution in [0.4, 0.5) is 0 Å². The molecule has 0 radical (unpaired) electrons. The maximum absolute atomic E-state index is 12.8. The summed E-state index contributed by atoms with van der Waals surface area (Å²) in [5.74, 6) is 1.84. The molecule has 0 spiro atoms. The molecule has 0 aromatic carbocycles. The summed E-state index contributed by atoms with van der Waals surface area (Å²) < 4.78 is 28.9. The Balaban J connectivity index is 1.93. The lowest BCUT2D eigenvalue weighted by molar-refractivity contribution is 0.266. The molecule has 2 aliphatic heterocycles. The fraction of sp³-hybridized carbons (Fsp3) is 1.00. The summed E-state index contributed by atoms with van der Waals surface area (Å²) in [5, 5.41) is 0. The Morgan fingerprint density at radius 3 is 2.10 bits per heavy atom. The van der Waals surface area contributed by atoms with Crippen LogP contribution in [0.5, 0.6) is 0 Å². The molecule has 2 saturated heterocycles. The van der Waals surface area contributed by atoms with Crippen molar-refractivity contribution >= 4 is 21.8 Å². The smallest absolute Gasteiger partial charge is 0.195 e. The van der Waals surface area contributed by atoms with Gasteiger partial charge in [0.1, 0.15) is 0 Å². The molecule has 0 aliphatic carbocycles. The van der Waals surface area contributed by atoms with Crippen LogP contribution in [0.15, 0.2) is 0 Å². The third-order valence-electron chi connectivity index (χ3n) is 4.95. The van der Waals surface area contributed by atoms with Crippen molar-refractivity contribution in [2.24, 2.45) is 11.8 Å². The van der Waals surface area contributed by atoms with Gasteiger partial charge >= 0.3 is 0 Å². The van der Waals surface area contributed by atoms with E-state index >= 15 is 0 Å². The lowest BCUT2D eigenvalue weighted by atomic mass is 9.96. The van der Waals surface area contributed by atoms with Crippen molar-refractivity contribution in [2.45, 2.75) is 51.9 Å². The predicted octanol–water partition coefficient (Wildman–Crippen LogP) is 3.08. The number of nitrogens with zero attached hydrogens (tertiary/aromatic N) is 2. The molecule has 0 aromatic rings. The van der Waals surface area contributed by atoms with Crippen molar-refractivity contribution in [1.82, 2.24) is 8.61 Å². The molecule has 2 heterocycles. The topological polar surface area (TPSA) is 40.6 Å². The molecule has 2 rings (SSSR count). The summed E-state index contributed by atoms with van der Waals surface area (Å²) in [6.07, 6.45) is 7.42. The second-order valence-electron chi connectivity index (χ2n) is 6.49. The molecule has 4 nitrogen and oxygen atoms in total. The molecular weight excluding hydrogens is 308 g/mol. The Morgan fingerprint density at radius 1 is 0.952 bits per heavy atom. The van der Waals surface area contributed by atoms with Crippen LogP contribution in [0.3, 0.4) is 0 Å². The first-order valence-electron chi connectivity index (χ1n) is 8.39. The predicted molar refractivity (Wildman–Crippen MR) is 87.8 cm³/mol. The number of hydrogen-bond donors (Lipinski definition) is 0. The van der Waals surface area contributed by atoms with Crippen LogP contribution < -0.4 is 0 Å². The quantitative estimate of drug-likeness (QED) is 0.724. The van der Waals surface area contributed by atoms with E-state index in [0.717, 1.165) is 25.7 Å². The van der Waals surface area contributed by atoms with Gasteiger partial charge < -0.3 is 0 Å². The summed E-state index contributed by atoms with van der Waals surface area (Å²) in [7, 11) is -3.25. The standard InChI is InChI=1S/C15H29ClN2O2S/c1-2-4-14-5-3-9-17(10-6-14)21(19,20)18-11-7-15(13-16)8-12-18/h14-15H,2-13H2,1H3. The summed E-state index contributed by atoms with van der Waals surface area (Å²) in [6, 6.07) is 0. The fourth-order valence-corrected chi connectivity index (χ4v) is 5.53. The second-order valence-corrected chi connectivity index (χ2v) is 8.73. The Morgan fingerprint density at radius 2 is 1.52 bits per heavy atom. The minimum Gasteiger partial charge on any atom is -0.195 e. The first kappa shape index (κ1) is 17.5. The largest absolute Gasteiger partial charge is 0.281 e. The van der Waals surface area contributed by atoms with Crippen molar-refractivity contribution in [3.8, 4) is 0 Å². The van der Waals surface area contributed by atoms with Crippen LogP contribution in [0.1, 0.15) is 51.9 Å². The highest BCUT2D eigenvalue weighted by Crippen LogP contribution is 2.26. The zero-order valence-corrected chi connectivity index (χ0v) is 14.7. The normalized spacial score (nSPS) is 27.6. The molecule has 1 unspecified atom stereocenters. The average Bonchev–Trinajstić information content (AvgIpc) is 2.74. The molecule has 2 aliphatic rings. The average molecular weight is 337 g/mol. The van der Waals surface area contributed by atoms with Crippen LogP contribution in [-0.2, 0) is 10.2 Å². The SMILES string of the molecule is CCCC1CCCN(S(=O)(=O)N2CCC(CCl)CC2)CC1. The molecular formula is C15H29ClN2O2S. The van der Waals surface area contributed by atoms with Gasteiger partial charge in [-0.25, -0.2) is 0 Å². The lowest BCUT2D eigenvalue weighted by Gasteiger charge is -2.34. The van der Waals surface area contributed by atoms with Gasteiger partial charge in [-0.3, -0.25) is 0 Å². The van der Waals surface area contributed by atoms with Gasteiger partial charge in [0.15, 0.2) is 0 Å². The van der Waals surface area contributed by atoms with Gasteiger partial charge in [-0.15, -0.1) is 11.6 Å². The van der Waals surface area contributed by atoms with Crippen molar-refractivity contribution < 1.29 is 8.42 Å². The molecule has 124 valence electrons. The lowest BCUT2D eigenvalue weighted by Crippen LogP contribution is -2.47. The maximum Gasteiger partial charge on any atom is 0.281 e. The van der Waals surface area contributed by atoms with Crippen molar-refractivity contribution in [2.75, 3.05) is 32.1 Å². The Hall–Kier alpha value is 0.160. The van der Waals surface area contributed by atoms with E-state index in [1.807, 2.05) is 0 Å². The molecule has 0 amide bonds. The number of rotatable bonds is 5. The van der Waals surface area contributed by atoms with Crippen LogP contribution in [0.25, 0.3) is 0 Å². The van der Waals surface area contributed by atoms with E-state index in [1.165, 1.54) is 19.3 Å². The Bertz CT molecular complexity index is 408. The van der Waals surface area contributed by atoms with E-state index in [2.05, 4.69) is 6.92 Å². The summed E-state index contributed by atoms with van der Waals surface area (Å²) in [6.45, 7) is 4.87. The molecule has 0 bridgehead atoms. The van der Waals surface area contributed by atoms with Crippen molar-refractivity contribution in [1.29, 1.82) is 0 Å². The monoisotopic (exact) mass is 336 g/mol. The van der Waals surface area contributed by atoms with E-state index in [-0.39, 0.29) is 0 Å². The van der Waals surface area contributed by atoms with Crippen LogP contribution >= 0.6 is 11.6 Å². The van der Waals surface area contributed by atoms with Gasteiger partial charge in [0.25, 0.3) is 10.2 Å². The minimum absolute atomic E-state index is 0.483. The van der Waals surface area contributed by atoms with E-state index in [0.29, 0.717) is 43.9 Å². The molecule has 0 aromatic heterocycles. The highest BCUT2D eigenvalue weighted by molar-refractivity contribution is 7.86. The van der Waals surface area contributed by atoms with Crippen LogP contribution in [0.2, 0.25) is 0 Å². The summed E-state index contributed by atoms with van der Waals surface area (Å²) in [5.41, 5.74) is 0. The third-order valence-corrected chi connectivity index (χ3v) is 7.42. The first-order chi connectivity index (χ1) is 10.1. The van der Waals surface area contributed by atoms with E-state index in [4.69, 9.17) is 11.6 Å². The van der Waals surface area contributed by atoms with Crippen LogP contribution in [-0.4, -0.2) is 49.1 Å². The minimum atomic E-state index is -3.25. The molecule has 21 heavy (non-hydrogen) atoms. The molecule has 0 saturated carbocycles. The van der Waals surface area contributed by atoms with Crippen LogP contribution in [0, 0.1) is 11.8 Å². The van der Waals surface area contributed by atoms with E-state index < -0.39 is 10.2 Å². The Kier molecular flexibility index (Phi) is 6.79. The van der Waals surface area contributed by atoms with Gasteiger partial charge in [0, 0.05) is 32.1 Å². The zero-order chi connectivity index (χ0) is 15.3. The number of halogens is 1. The second kappa shape index (κ2) is 8.14. The van der Waals surface area contributed by atoms with Gasteiger partial charge in [-0.2, -0.15) is 17.0 Å². The highest BCUT2D eigenvalue weighted by Gasteiger charge is 2.33. The van der Waals surface area contributed by atoms with Gasteiger partial charge in [0.2, 0.25) is 0 Å². The molecule has 2 fully saturated rings. The van der Waals surface area contributed by atoms with Gasteiger partial charge in [-0.05, 0) is 43.9 Å². The Labute approximate surface area is 135 Å². The highest BCUT2D eigenvalue weighted by atomic mass is 35.5. The number of alkyl halides is 1. The number of hydrogen-bond acceptors (Lipinski definition) is 2. The van der Waals surface area contributed by atoms with Gasteiger partial charge in [-0.1, -0.05) is 19.8 Å². The maximum atomic E-state index is 12.8. The number of piperidine rings is 1. The summed E-state index contributed by atoms with van der Waals surface area (Å²) >= 11 is 5.88. The van der Waals surface area contributed by atoms with Crippen molar-refractivity contribution in [3.63, 3.8) is 0 Å².